The summed E-state index contributed by atoms with van der Waals surface area (Å²) < 4.78 is 8.03. The van der Waals surface area contributed by atoms with Crippen molar-refractivity contribution in [2.24, 2.45) is 5.92 Å². The molecular formula is C18H23N3O2S. The zero-order valence-electron chi connectivity index (χ0n) is 14.0. The maximum atomic E-state index is 12.8. The van der Waals surface area contributed by atoms with Crippen LogP contribution in [0.3, 0.4) is 0 Å². The van der Waals surface area contributed by atoms with Crippen molar-refractivity contribution < 1.29 is 9.53 Å². The highest BCUT2D eigenvalue weighted by molar-refractivity contribution is 7.12. The van der Waals surface area contributed by atoms with E-state index in [2.05, 4.69) is 16.7 Å². The van der Waals surface area contributed by atoms with Gasteiger partial charge in [0.15, 0.2) is 0 Å². The molecule has 0 spiro atoms. The Hall–Kier alpha value is -1.66. The largest absolute Gasteiger partial charge is 0.380 e. The van der Waals surface area contributed by atoms with Crippen LogP contribution in [0.2, 0.25) is 0 Å². The molecule has 4 rings (SSSR count). The normalized spacial score (nSPS) is 20.2. The summed E-state index contributed by atoms with van der Waals surface area (Å²) in [6, 6.07) is 3.83. The van der Waals surface area contributed by atoms with Gasteiger partial charge in [-0.3, -0.25) is 9.48 Å². The average molecular weight is 345 g/mol. The summed E-state index contributed by atoms with van der Waals surface area (Å²) in [7, 11) is 0. The molecule has 1 aliphatic carbocycles. The zero-order chi connectivity index (χ0) is 16.5. The Morgan fingerprint density at radius 1 is 1.42 bits per heavy atom. The second kappa shape index (κ2) is 6.69. The maximum absolute atomic E-state index is 12.8. The van der Waals surface area contributed by atoms with Gasteiger partial charge in [0.05, 0.1) is 23.4 Å². The minimum atomic E-state index is 0.118. The lowest BCUT2D eigenvalue weighted by molar-refractivity contribution is 0.0624. The Balaban J connectivity index is 1.53. The number of thiophene rings is 1. The van der Waals surface area contributed by atoms with Gasteiger partial charge in [-0.2, -0.15) is 5.10 Å². The van der Waals surface area contributed by atoms with Crippen LogP contribution < -0.4 is 0 Å². The highest BCUT2D eigenvalue weighted by Gasteiger charge is 2.33. The molecular weight excluding hydrogens is 322 g/mol. The highest BCUT2D eigenvalue weighted by Crippen LogP contribution is 2.32. The third-order valence-electron chi connectivity index (χ3n) is 4.84. The first kappa shape index (κ1) is 15.8. The Bertz CT molecular complexity index is 706. The summed E-state index contributed by atoms with van der Waals surface area (Å²) in [6.07, 6.45) is 4.51. The van der Waals surface area contributed by atoms with Crippen molar-refractivity contribution in [2.75, 3.05) is 19.8 Å². The van der Waals surface area contributed by atoms with E-state index < -0.39 is 0 Å². The molecule has 2 aromatic rings. The number of amides is 1. The molecule has 0 bridgehead atoms. The molecule has 1 aliphatic heterocycles. The van der Waals surface area contributed by atoms with E-state index in [0.29, 0.717) is 19.7 Å². The fourth-order valence-electron chi connectivity index (χ4n) is 3.41. The van der Waals surface area contributed by atoms with Crippen LogP contribution in [0, 0.1) is 5.92 Å². The van der Waals surface area contributed by atoms with E-state index in [9.17, 15) is 4.79 Å². The van der Waals surface area contributed by atoms with Gasteiger partial charge in [0.2, 0.25) is 0 Å². The van der Waals surface area contributed by atoms with Crippen molar-refractivity contribution in [3.63, 3.8) is 0 Å². The van der Waals surface area contributed by atoms with Gasteiger partial charge in [-0.15, -0.1) is 11.3 Å². The minimum absolute atomic E-state index is 0.118. The Morgan fingerprint density at radius 2 is 2.29 bits per heavy atom. The lowest BCUT2D eigenvalue weighted by atomic mass is 9.96. The molecule has 24 heavy (non-hydrogen) atoms. The smallest absolute Gasteiger partial charge is 0.264 e. The molecule has 5 nitrogen and oxygen atoms in total. The predicted octanol–water partition coefficient (Wildman–Crippen LogP) is 3.13. The van der Waals surface area contributed by atoms with Crippen molar-refractivity contribution >= 4 is 17.2 Å². The fraction of sp³-hybridized carbons (Fsp3) is 0.556. The average Bonchev–Trinajstić information content (AvgIpc) is 3.11. The number of rotatable bonds is 6. The third kappa shape index (κ3) is 3.13. The lowest BCUT2D eigenvalue weighted by Gasteiger charge is -2.33. The van der Waals surface area contributed by atoms with E-state index in [1.54, 1.807) is 0 Å². The van der Waals surface area contributed by atoms with Gasteiger partial charge in [-0.25, -0.2) is 0 Å². The Morgan fingerprint density at radius 3 is 3.00 bits per heavy atom. The first-order chi connectivity index (χ1) is 11.8. The first-order valence-corrected chi connectivity index (χ1v) is 9.59. The number of carbonyl (C=O) groups excluding carboxylic acids is 1. The number of ether oxygens (including phenoxy) is 1. The molecule has 3 heterocycles. The topological polar surface area (TPSA) is 47.4 Å². The van der Waals surface area contributed by atoms with Crippen LogP contribution >= 0.6 is 11.3 Å². The summed E-state index contributed by atoms with van der Waals surface area (Å²) in [5.74, 6) is 1.08. The SMILES string of the molecule is CCn1ncc2c1[C@@H](COCC1CC1)CN(C(=O)c1cccs1)C2. The molecule has 0 aromatic carbocycles. The van der Waals surface area contributed by atoms with Crippen LogP contribution in [0.15, 0.2) is 23.7 Å². The van der Waals surface area contributed by atoms with Gasteiger partial charge in [0.25, 0.3) is 5.91 Å². The maximum Gasteiger partial charge on any atom is 0.264 e. The number of carbonyl (C=O) groups is 1. The summed E-state index contributed by atoms with van der Waals surface area (Å²) in [5.41, 5.74) is 2.41. The molecule has 1 saturated carbocycles. The molecule has 6 heteroatoms. The highest BCUT2D eigenvalue weighted by atomic mass is 32.1. The van der Waals surface area contributed by atoms with E-state index in [1.165, 1.54) is 29.9 Å². The summed E-state index contributed by atoms with van der Waals surface area (Å²) in [6.45, 7) is 5.84. The van der Waals surface area contributed by atoms with Crippen molar-refractivity contribution in [1.82, 2.24) is 14.7 Å². The Kier molecular flexibility index (Phi) is 4.41. The van der Waals surface area contributed by atoms with Crippen LogP contribution in [-0.2, 0) is 17.8 Å². The van der Waals surface area contributed by atoms with Gasteiger partial charge >= 0.3 is 0 Å². The standard InChI is InChI=1S/C18H23N3O2S/c1-2-21-17-14(8-19-21)9-20(18(22)16-4-3-7-24-16)10-15(17)12-23-11-13-5-6-13/h3-4,7-8,13,15H,2,5-6,9-12H2,1H3/t15-/m1/s1. The molecule has 0 N–H and O–H groups in total. The van der Waals surface area contributed by atoms with Gasteiger partial charge in [0, 0.05) is 37.7 Å². The predicted molar refractivity (Wildman–Crippen MR) is 93.2 cm³/mol. The number of nitrogens with zero attached hydrogens (tertiary/aromatic N) is 3. The zero-order valence-corrected chi connectivity index (χ0v) is 14.8. The van der Waals surface area contributed by atoms with Gasteiger partial charge in [0.1, 0.15) is 0 Å². The van der Waals surface area contributed by atoms with Crippen molar-refractivity contribution in [3.05, 3.63) is 39.8 Å². The fourth-order valence-corrected chi connectivity index (χ4v) is 4.10. The molecule has 0 unspecified atom stereocenters. The molecule has 1 amide bonds. The van der Waals surface area contributed by atoms with E-state index in [-0.39, 0.29) is 11.8 Å². The first-order valence-electron chi connectivity index (χ1n) is 8.71. The third-order valence-corrected chi connectivity index (χ3v) is 5.69. The van der Waals surface area contributed by atoms with Crippen LogP contribution in [0.25, 0.3) is 0 Å². The van der Waals surface area contributed by atoms with Gasteiger partial charge < -0.3 is 9.64 Å². The number of hydrogen-bond donors (Lipinski definition) is 0. The van der Waals surface area contributed by atoms with E-state index in [1.807, 2.05) is 28.6 Å². The molecule has 2 aromatic heterocycles. The van der Waals surface area contributed by atoms with Crippen molar-refractivity contribution in [3.8, 4) is 0 Å². The summed E-state index contributed by atoms with van der Waals surface area (Å²) in [4.78, 5) is 15.5. The number of fused-ring (bicyclic) bond motifs is 1. The molecule has 1 fully saturated rings. The number of aryl methyl sites for hydroxylation is 1. The number of hydrogen-bond acceptors (Lipinski definition) is 4. The number of aromatic nitrogens is 2. The van der Waals surface area contributed by atoms with Crippen LogP contribution in [0.5, 0.6) is 0 Å². The second-order valence-corrected chi connectivity index (χ2v) is 7.66. The quantitative estimate of drug-likeness (QED) is 0.808. The Labute approximate surface area is 146 Å². The second-order valence-electron chi connectivity index (χ2n) is 6.71. The minimum Gasteiger partial charge on any atom is -0.380 e. The summed E-state index contributed by atoms with van der Waals surface area (Å²) >= 11 is 1.50. The van der Waals surface area contributed by atoms with Gasteiger partial charge in [-0.1, -0.05) is 6.07 Å². The van der Waals surface area contributed by atoms with Crippen molar-refractivity contribution in [2.45, 2.75) is 38.8 Å². The van der Waals surface area contributed by atoms with Gasteiger partial charge in [-0.05, 0) is 37.1 Å². The molecule has 0 radical (unpaired) electrons. The molecule has 0 saturated heterocycles. The van der Waals surface area contributed by atoms with E-state index in [4.69, 9.17) is 4.74 Å². The molecule has 128 valence electrons. The van der Waals surface area contributed by atoms with Crippen LogP contribution in [-0.4, -0.2) is 40.3 Å². The molecule has 2 aliphatic rings. The van der Waals surface area contributed by atoms with Crippen LogP contribution in [0.1, 0.15) is 46.6 Å². The lowest BCUT2D eigenvalue weighted by Crippen LogP contribution is -2.40. The van der Waals surface area contributed by atoms with E-state index in [0.717, 1.165) is 29.5 Å². The van der Waals surface area contributed by atoms with E-state index >= 15 is 0 Å². The van der Waals surface area contributed by atoms with Crippen molar-refractivity contribution in [1.29, 1.82) is 0 Å². The van der Waals surface area contributed by atoms with Crippen LogP contribution in [0.4, 0.5) is 0 Å². The monoisotopic (exact) mass is 345 g/mol. The molecule has 1 atom stereocenters. The summed E-state index contributed by atoms with van der Waals surface area (Å²) in [5, 5.41) is 6.46.